The van der Waals surface area contributed by atoms with Gasteiger partial charge in [-0.05, 0) is 5.57 Å². The minimum Gasteiger partial charge on any atom is -0.478 e. The van der Waals surface area contributed by atoms with Gasteiger partial charge in [-0.3, -0.25) is 9.59 Å². The van der Waals surface area contributed by atoms with Crippen LogP contribution < -0.4 is 0 Å². The first-order valence-electron chi connectivity index (χ1n) is 5.23. The lowest BCUT2D eigenvalue weighted by Gasteiger charge is -2.39. The highest BCUT2D eigenvalue weighted by Crippen LogP contribution is 2.45. The topological polar surface area (TPSA) is 80.7 Å². The van der Waals surface area contributed by atoms with Crippen LogP contribution >= 0.6 is 11.8 Å². The molecule has 5 nitrogen and oxygen atoms in total. The smallest absolute Gasteiger partial charge is 0.332 e. The lowest BCUT2D eigenvalue weighted by atomic mass is 9.75. The molecule has 2 aliphatic rings. The summed E-state index contributed by atoms with van der Waals surface area (Å²) in [6.07, 6.45) is 0.451. The number of carbonyl (C=O) groups excluding carboxylic acids is 2. The molecule has 17 heavy (non-hydrogen) atoms. The van der Waals surface area contributed by atoms with E-state index < -0.39 is 17.9 Å². The molecule has 2 rings (SSSR count). The summed E-state index contributed by atoms with van der Waals surface area (Å²) in [6.45, 7) is 1.24. The fraction of sp³-hybridized carbons (Fsp3) is 0.545. The molecule has 1 heterocycles. The number of rotatable bonds is 3. The van der Waals surface area contributed by atoms with Crippen molar-refractivity contribution in [2.45, 2.75) is 18.6 Å². The summed E-state index contributed by atoms with van der Waals surface area (Å²) < 4.78 is 4.82. The zero-order chi connectivity index (χ0) is 12.6. The van der Waals surface area contributed by atoms with Gasteiger partial charge in [-0.15, -0.1) is 0 Å². The van der Waals surface area contributed by atoms with Crippen molar-refractivity contribution < 1.29 is 24.2 Å². The minimum atomic E-state index is -1.07. The molecule has 1 fully saturated rings. The summed E-state index contributed by atoms with van der Waals surface area (Å²) in [4.78, 5) is 33.4. The molecule has 0 aromatic rings. The second-order valence-electron chi connectivity index (χ2n) is 4.10. The van der Waals surface area contributed by atoms with E-state index in [0.29, 0.717) is 17.7 Å². The number of thioether (sulfide) groups is 1. The highest BCUT2D eigenvalue weighted by molar-refractivity contribution is 8.00. The molecule has 0 spiro atoms. The Morgan fingerprint density at radius 3 is 2.76 bits per heavy atom. The van der Waals surface area contributed by atoms with Crippen LogP contribution in [0.15, 0.2) is 11.1 Å². The highest BCUT2D eigenvalue weighted by atomic mass is 32.2. The third-order valence-electron chi connectivity index (χ3n) is 2.96. The van der Waals surface area contributed by atoms with Crippen molar-refractivity contribution in [1.82, 2.24) is 0 Å². The van der Waals surface area contributed by atoms with Gasteiger partial charge in [-0.2, -0.15) is 11.8 Å². The number of carboxylic acids is 1. The molecule has 2 atom stereocenters. The molecule has 0 aromatic heterocycles. The second kappa shape index (κ2) is 4.52. The minimum absolute atomic E-state index is 0.0273. The van der Waals surface area contributed by atoms with E-state index in [0.717, 1.165) is 0 Å². The normalized spacial score (nSPS) is 27.2. The monoisotopic (exact) mass is 256 g/mol. The number of carbonyl (C=O) groups is 3. The van der Waals surface area contributed by atoms with Crippen LogP contribution in [0.1, 0.15) is 13.3 Å². The van der Waals surface area contributed by atoms with Gasteiger partial charge >= 0.3 is 11.9 Å². The maximum Gasteiger partial charge on any atom is 0.332 e. The van der Waals surface area contributed by atoms with Crippen LogP contribution in [-0.2, 0) is 19.1 Å². The molecule has 2 unspecified atom stereocenters. The molecule has 0 aromatic carbocycles. The van der Waals surface area contributed by atoms with Crippen molar-refractivity contribution in [2.24, 2.45) is 5.92 Å². The molecule has 0 radical (unpaired) electrons. The first-order chi connectivity index (χ1) is 8.00. The average molecular weight is 256 g/mol. The van der Waals surface area contributed by atoms with Crippen LogP contribution in [-0.4, -0.2) is 40.4 Å². The predicted molar refractivity (Wildman–Crippen MR) is 60.7 cm³/mol. The van der Waals surface area contributed by atoms with Crippen LogP contribution in [0.4, 0.5) is 0 Å². The number of ketones is 1. The van der Waals surface area contributed by atoms with Crippen LogP contribution in [0.25, 0.3) is 0 Å². The second-order valence-corrected chi connectivity index (χ2v) is 5.33. The maximum atomic E-state index is 11.4. The average Bonchev–Trinajstić information content (AvgIpc) is 2.24. The third kappa shape index (κ3) is 2.22. The Bertz CT molecular complexity index is 426. The number of aliphatic carboxylic acids is 1. The fourth-order valence-corrected chi connectivity index (χ4v) is 3.51. The lowest BCUT2D eigenvalue weighted by molar-refractivity contribution is -0.140. The highest BCUT2D eigenvalue weighted by Gasteiger charge is 2.48. The molecule has 1 N–H and O–H groups in total. The van der Waals surface area contributed by atoms with Crippen molar-refractivity contribution in [2.75, 3.05) is 12.4 Å². The van der Waals surface area contributed by atoms with Gasteiger partial charge in [-0.1, -0.05) is 0 Å². The zero-order valence-electron chi connectivity index (χ0n) is 9.26. The summed E-state index contributed by atoms with van der Waals surface area (Å²) in [5.41, 5.74) is 0.693. The van der Waals surface area contributed by atoms with Gasteiger partial charge in [-0.25, -0.2) is 4.79 Å². The number of fused-ring (bicyclic) bond motifs is 1. The molecule has 6 heteroatoms. The third-order valence-corrected chi connectivity index (χ3v) is 4.35. The van der Waals surface area contributed by atoms with Crippen LogP contribution in [0, 0.1) is 5.92 Å². The Labute approximate surface area is 102 Å². The van der Waals surface area contributed by atoms with Crippen molar-refractivity contribution in [3.8, 4) is 0 Å². The SMILES string of the molecule is CC(=O)OCC1=C(C(=O)O)C2C(=O)CC2SC1. The number of Topliss-reactive ketones (excluding diaryl/α,β-unsaturated/α-hetero) is 1. The van der Waals surface area contributed by atoms with E-state index in [2.05, 4.69) is 0 Å². The molecular formula is C11H12O5S. The van der Waals surface area contributed by atoms with Crippen LogP contribution in [0.2, 0.25) is 0 Å². The van der Waals surface area contributed by atoms with Gasteiger partial charge in [0.15, 0.2) is 0 Å². The summed E-state index contributed by atoms with van der Waals surface area (Å²) >= 11 is 1.56. The molecule has 0 bridgehead atoms. The standard InChI is InChI=1S/C11H12O5S/c1-5(12)16-3-6-4-17-8-2-7(13)10(8)9(6)11(14)15/h8,10H,2-4H2,1H3,(H,14,15). The summed E-state index contributed by atoms with van der Waals surface area (Å²) in [5.74, 6) is -1.54. The van der Waals surface area contributed by atoms with Gasteiger partial charge < -0.3 is 9.84 Å². The number of esters is 1. The molecule has 1 saturated carbocycles. The Morgan fingerprint density at radius 1 is 1.53 bits per heavy atom. The van der Waals surface area contributed by atoms with Crippen molar-refractivity contribution in [1.29, 1.82) is 0 Å². The molecule has 92 valence electrons. The molecule has 1 aliphatic carbocycles. The van der Waals surface area contributed by atoms with E-state index in [1.54, 1.807) is 11.8 Å². The Kier molecular flexibility index (Phi) is 3.24. The van der Waals surface area contributed by atoms with Crippen molar-refractivity contribution in [3.05, 3.63) is 11.1 Å². The maximum absolute atomic E-state index is 11.4. The molecule has 0 saturated heterocycles. The number of hydrogen-bond acceptors (Lipinski definition) is 5. The van der Waals surface area contributed by atoms with E-state index >= 15 is 0 Å². The summed E-state index contributed by atoms with van der Waals surface area (Å²) in [5, 5.41) is 9.25. The lowest BCUT2D eigenvalue weighted by Crippen LogP contribution is -2.46. The van der Waals surface area contributed by atoms with Crippen LogP contribution in [0.5, 0.6) is 0 Å². The molecule has 0 amide bonds. The predicted octanol–water partition coefficient (Wildman–Crippen LogP) is 0.635. The van der Waals surface area contributed by atoms with Crippen molar-refractivity contribution >= 4 is 29.5 Å². The number of hydrogen-bond donors (Lipinski definition) is 1. The molecular weight excluding hydrogens is 244 g/mol. The van der Waals surface area contributed by atoms with E-state index in [1.165, 1.54) is 6.92 Å². The van der Waals surface area contributed by atoms with E-state index in [4.69, 9.17) is 9.84 Å². The largest absolute Gasteiger partial charge is 0.478 e. The first-order valence-corrected chi connectivity index (χ1v) is 6.28. The number of carboxylic acid groups (broad SMARTS) is 1. The Hall–Kier alpha value is -1.30. The van der Waals surface area contributed by atoms with Gasteiger partial charge in [0.2, 0.25) is 0 Å². The van der Waals surface area contributed by atoms with Gasteiger partial charge in [0.1, 0.15) is 12.4 Å². The van der Waals surface area contributed by atoms with Gasteiger partial charge in [0.05, 0.1) is 11.5 Å². The van der Waals surface area contributed by atoms with E-state index in [9.17, 15) is 14.4 Å². The fourth-order valence-electron chi connectivity index (χ4n) is 2.09. The van der Waals surface area contributed by atoms with E-state index in [1.807, 2.05) is 0 Å². The summed E-state index contributed by atoms with van der Waals surface area (Å²) in [7, 11) is 0. The van der Waals surface area contributed by atoms with E-state index in [-0.39, 0.29) is 23.2 Å². The van der Waals surface area contributed by atoms with Crippen molar-refractivity contribution in [3.63, 3.8) is 0 Å². The Balaban J connectivity index is 2.23. The molecule has 1 aliphatic heterocycles. The zero-order valence-corrected chi connectivity index (χ0v) is 10.1. The quantitative estimate of drug-likeness (QED) is 0.746. The Morgan fingerprint density at radius 2 is 2.24 bits per heavy atom. The van der Waals surface area contributed by atoms with Crippen LogP contribution in [0.3, 0.4) is 0 Å². The number of ether oxygens (including phenoxy) is 1. The van der Waals surface area contributed by atoms with Gasteiger partial charge in [0.25, 0.3) is 0 Å². The first kappa shape index (κ1) is 12.2. The summed E-state index contributed by atoms with van der Waals surface area (Å²) in [6, 6.07) is 0. The van der Waals surface area contributed by atoms with Gasteiger partial charge in [0, 0.05) is 24.3 Å².